The fraction of sp³-hybridized carbons (Fsp3) is 0. The number of aromatic nitrogens is 1. The molecule has 0 saturated carbocycles. The van der Waals surface area contributed by atoms with Gasteiger partial charge in [0.2, 0.25) is 0 Å². The Morgan fingerprint density at radius 3 is 2.80 bits per heavy atom. The highest BCUT2D eigenvalue weighted by molar-refractivity contribution is 5.84. The van der Waals surface area contributed by atoms with Gasteiger partial charge in [-0.2, -0.15) is 0 Å². The summed E-state index contributed by atoms with van der Waals surface area (Å²) in [5.41, 5.74) is 0.917. The van der Waals surface area contributed by atoms with E-state index >= 15 is 0 Å². The normalized spacial score (nSPS) is 10.4. The number of aldehydes is 1. The molecule has 0 aliphatic heterocycles. The van der Waals surface area contributed by atoms with Crippen molar-refractivity contribution >= 4 is 17.2 Å². The Bertz CT molecular complexity index is 781. The van der Waals surface area contributed by atoms with Crippen molar-refractivity contribution in [2.45, 2.75) is 0 Å². The molecule has 0 aliphatic carbocycles. The van der Waals surface area contributed by atoms with Crippen molar-refractivity contribution in [3.05, 3.63) is 66.1 Å². The predicted molar refractivity (Wildman–Crippen MR) is 73.6 cm³/mol. The summed E-state index contributed by atoms with van der Waals surface area (Å²) in [6.45, 7) is 0. The fourth-order valence-corrected chi connectivity index (χ4v) is 2.00. The molecule has 0 amide bonds. The number of fused-ring (bicyclic) bond motifs is 1. The van der Waals surface area contributed by atoms with Crippen molar-refractivity contribution in [2.24, 2.45) is 0 Å². The van der Waals surface area contributed by atoms with Crippen LogP contribution in [0.5, 0.6) is 11.5 Å². The van der Waals surface area contributed by atoms with E-state index in [0.717, 1.165) is 11.5 Å². The smallest absolute Gasteiger partial charge is 0.153 e. The molecule has 0 atom stereocenters. The van der Waals surface area contributed by atoms with Crippen molar-refractivity contribution in [1.29, 1.82) is 0 Å². The summed E-state index contributed by atoms with van der Waals surface area (Å²) in [6.07, 6.45) is 2.24. The number of carbonyl (C=O) groups excluding carboxylic acids is 1. The monoisotopic (exact) mass is 267 g/mol. The third-order valence-electron chi connectivity index (χ3n) is 2.85. The molecule has 2 aromatic carbocycles. The van der Waals surface area contributed by atoms with Gasteiger partial charge in [0.1, 0.15) is 23.4 Å². The average Bonchev–Trinajstić information content (AvgIpc) is 2.47. The van der Waals surface area contributed by atoms with Gasteiger partial charge in [-0.3, -0.25) is 9.78 Å². The molecule has 1 heterocycles. The van der Waals surface area contributed by atoms with E-state index in [4.69, 9.17) is 4.74 Å². The maximum Gasteiger partial charge on any atom is 0.153 e. The minimum absolute atomic E-state index is 0.230. The number of ether oxygens (including phenoxy) is 1. The molecule has 98 valence electrons. The summed E-state index contributed by atoms with van der Waals surface area (Å²) in [7, 11) is 0. The van der Waals surface area contributed by atoms with Crippen molar-refractivity contribution in [3.8, 4) is 11.5 Å². The molecule has 0 radical (unpaired) electrons. The van der Waals surface area contributed by atoms with Crippen LogP contribution in [0.3, 0.4) is 0 Å². The first kappa shape index (κ1) is 12.3. The zero-order valence-corrected chi connectivity index (χ0v) is 10.4. The topological polar surface area (TPSA) is 39.2 Å². The number of halogens is 1. The Labute approximate surface area is 114 Å². The van der Waals surface area contributed by atoms with Gasteiger partial charge in [0.25, 0.3) is 0 Å². The Hall–Kier alpha value is -2.75. The summed E-state index contributed by atoms with van der Waals surface area (Å²) in [5, 5.41) is 0.928. The molecule has 4 heteroatoms. The number of para-hydroxylation sites is 1. The van der Waals surface area contributed by atoms with E-state index in [0.29, 0.717) is 17.6 Å². The first-order chi connectivity index (χ1) is 9.76. The molecule has 3 aromatic rings. The number of nitrogens with zero attached hydrogens (tertiary/aromatic N) is 1. The Morgan fingerprint density at radius 2 is 1.95 bits per heavy atom. The van der Waals surface area contributed by atoms with Gasteiger partial charge >= 0.3 is 0 Å². The summed E-state index contributed by atoms with van der Waals surface area (Å²) < 4.78 is 19.0. The second-order valence-electron chi connectivity index (χ2n) is 4.27. The number of benzene rings is 2. The van der Waals surface area contributed by atoms with E-state index < -0.39 is 5.82 Å². The van der Waals surface area contributed by atoms with Crippen LogP contribution < -0.4 is 4.74 Å². The zero-order chi connectivity index (χ0) is 13.9. The Morgan fingerprint density at radius 1 is 1.10 bits per heavy atom. The molecule has 0 aliphatic rings. The van der Waals surface area contributed by atoms with E-state index in [1.54, 1.807) is 12.3 Å². The van der Waals surface area contributed by atoms with E-state index in [1.165, 1.54) is 12.1 Å². The standard InChI is InChI=1S/C16H10FNO2/c17-13-7-11(10-19)8-14(9-13)20-15-5-1-3-12-4-2-6-18-16(12)15/h1-10H. The lowest BCUT2D eigenvalue weighted by molar-refractivity contribution is 0.112. The lowest BCUT2D eigenvalue weighted by atomic mass is 10.2. The van der Waals surface area contributed by atoms with Crippen LogP contribution in [0.15, 0.2) is 54.7 Å². The number of rotatable bonds is 3. The third-order valence-corrected chi connectivity index (χ3v) is 2.85. The van der Waals surface area contributed by atoms with Gasteiger partial charge in [0, 0.05) is 23.2 Å². The third kappa shape index (κ3) is 2.36. The average molecular weight is 267 g/mol. The molecule has 3 nitrogen and oxygen atoms in total. The fourth-order valence-electron chi connectivity index (χ4n) is 2.00. The lowest BCUT2D eigenvalue weighted by Gasteiger charge is -2.08. The van der Waals surface area contributed by atoms with Gasteiger partial charge in [-0.15, -0.1) is 0 Å². The summed E-state index contributed by atoms with van der Waals surface area (Å²) >= 11 is 0. The van der Waals surface area contributed by atoms with Gasteiger partial charge in [-0.25, -0.2) is 4.39 Å². The molecule has 20 heavy (non-hydrogen) atoms. The number of pyridine rings is 1. The van der Waals surface area contributed by atoms with E-state index in [1.807, 2.05) is 24.3 Å². The van der Waals surface area contributed by atoms with Crippen LogP contribution in [0.25, 0.3) is 10.9 Å². The van der Waals surface area contributed by atoms with Gasteiger partial charge in [-0.05, 0) is 24.3 Å². The maximum atomic E-state index is 13.4. The Balaban J connectivity index is 2.05. The van der Waals surface area contributed by atoms with Gasteiger partial charge < -0.3 is 4.74 Å². The second-order valence-corrected chi connectivity index (χ2v) is 4.27. The molecular weight excluding hydrogens is 257 g/mol. The molecule has 0 saturated heterocycles. The van der Waals surface area contributed by atoms with Crippen molar-refractivity contribution in [3.63, 3.8) is 0 Å². The zero-order valence-electron chi connectivity index (χ0n) is 10.4. The summed E-state index contributed by atoms with van der Waals surface area (Å²) in [6, 6.07) is 13.1. The van der Waals surface area contributed by atoms with Crippen molar-refractivity contribution < 1.29 is 13.9 Å². The highest BCUT2D eigenvalue weighted by atomic mass is 19.1. The summed E-state index contributed by atoms with van der Waals surface area (Å²) in [5.74, 6) is 0.272. The SMILES string of the molecule is O=Cc1cc(F)cc(Oc2cccc3cccnc23)c1. The summed E-state index contributed by atoms with van der Waals surface area (Å²) in [4.78, 5) is 15.0. The molecule has 0 N–H and O–H groups in total. The minimum atomic E-state index is -0.516. The van der Waals surface area contributed by atoms with Crippen LogP contribution in [0.4, 0.5) is 4.39 Å². The molecule has 0 unspecified atom stereocenters. The van der Waals surface area contributed by atoms with Gasteiger partial charge in [-0.1, -0.05) is 18.2 Å². The molecular formula is C16H10FNO2. The van der Waals surface area contributed by atoms with E-state index in [2.05, 4.69) is 4.98 Å². The molecule has 0 fully saturated rings. The van der Waals surface area contributed by atoms with Crippen LogP contribution in [0, 0.1) is 5.82 Å². The van der Waals surface area contributed by atoms with E-state index in [9.17, 15) is 9.18 Å². The quantitative estimate of drug-likeness (QED) is 0.674. The number of hydrogen-bond acceptors (Lipinski definition) is 3. The lowest BCUT2D eigenvalue weighted by Crippen LogP contribution is -1.91. The van der Waals surface area contributed by atoms with E-state index in [-0.39, 0.29) is 11.3 Å². The van der Waals surface area contributed by atoms with Gasteiger partial charge in [0.15, 0.2) is 5.75 Å². The number of hydrogen-bond donors (Lipinski definition) is 0. The maximum absolute atomic E-state index is 13.4. The first-order valence-electron chi connectivity index (χ1n) is 6.03. The Kier molecular flexibility index (Phi) is 3.13. The minimum Gasteiger partial charge on any atom is -0.455 e. The largest absolute Gasteiger partial charge is 0.455 e. The number of carbonyl (C=O) groups is 1. The van der Waals surface area contributed by atoms with Crippen LogP contribution in [0.1, 0.15) is 10.4 Å². The van der Waals surface area contributed by atoms with Crippen LogP contribution >= 0.6 is 0 Å². The second kappa shape index (κ2) is 5.09. The van der Waals surface area contributed by atoms with Crippen LogP contribution in [-0.2, 0) is 0 Å². The molecule has 1 aromatic heterocycles. The van der Waals surface area contributed by atoms with Crippen molar-refractivity contribution in [1.82, 2.24) is 4.98 Å². The van der Waals surface area contributed by atoms with Crippen molar-refractivity contribution in [2.75, 3.05) is 0 Å². The van der Waals surface area contributed by atoms with Crippen LogP contribution in [0.2, 0.25) is 0 Å². The highest BCUT2D eigenvalue weighted by Gasteiger charge is 2.06. The predicted octanol–water partition coefficient (Wildman–Crippen LogP) is 3.98. The van der Waals surface area contributed by atoms with Crippen LogP contribution in [-0.4, -0.2) is 11.3 Å². The molecule has 0 spiro atoms. The molecule has 3 rings (SSSR count). The highest BCUT2D eigenvalue weighted by Crippen LogP contribution is 2.29. The van der Waals surface area contributed by atoms with Gasteiger partial charge in [0.05, 0.1) is 0 Å². The first-order valence-corrected chi connectivity index (χ1v) is 6.03. The molecule has 0 bridgehead atoms.